The minimum absolute atomic E-state index is 0.0137. The first-order chi connectivity index (χ1) is 16.3. The van der Waals surface area contributed by atoms with E-state index in [1.54, 1.807) is 23.6 Å². The Labute approximate surface area is 210 Å². The number of thioether (sulfide) groups is 1. The van der Waals surface area contributed by atoms with Gasteiger partial charge in [-0.3, -0.25) is 14.4 Å². The van der Waals surface area contributed by atoms with Crippen molar-refractivity contribution in [3.05, 3.63) is 36.4 Å². The Morgan fingerprint density at radius 3 is 2.26 bits per heavy atom. The van der Waals surface area contributed by atoms with Gasteiger partial charge in [0, 0.05) is 18.7 Å². The van der Waals surface area contributed by atoms with Crippen LogP contribution in [0.1, 0.15) is 34.6 Å². The number of amides is 2. The van der Waals surface area contributed by atoms with Gasteiger partial charge in [-0.15, -0.1) is 11.8 Å². The van der Waals surface area contributed by atoms with Crippen molar-refractivity contribution in [2.75, 3.05) is 19.7 Å². The van der Waals surface area contributed by atoms with Gasteiger partial charge in [0.05, 0.1) is 13.2 Å². The Kier molecular flexibility index (Phi) is 17.5. The van der Waals surface area contributed by atoms with Crippen molar-refractivity contribution in [2.24, 2.45) is 0 Å². The Bertz CT molecular complexity index is 703. The first-order valence-electron chi connectivity index (χ1n) is 10.8. The van der Waals surface area contributed by atoms with Crippen molar-refractivity contribution >= 4 is 48.0 Å². The molecule has 1 aromatic carbocycles. The molecule has 12 heteroatoms. The molecular formula is C22H34ClN3O7S. The Morgan fingerprint density at radius 2 is 1.79 bits per heavy atom. The second kappa shape index (κ2) is 18.9. The molecule has 2 saturated heterocycles. The molecule has 192 valence electrons. The smallest absolute Gasteiger partial charge is 0.435 e. The number of hydrogen-bond acceptors (Lipinski definition) is 9. The Balaban J connectivity index is 0.000000502. The molecule has 2 amide bonds. The van der Waals surface area contributed by atoms with Crippen LogP contribution in [-0.4, -0.2) is 72.0 Å². The van der Waals surface area contributed by atoms with E-state index >= 15 is 0 Å². The molecule has 4 atom stereocenters. The number of nitrogens with one attached hydrogen (secondary N) is 2. The summed E-state index contributed by atoms with van der Waals surface area (Å²) in [5, 5.41) is 3.23. The van der Waals surface area contributed by atoms with Crippen LogP contribution in [0.5, 0.6) is 0 Å². The van der Waals surface area contributed by atoms with E-state index < -0.39 is 12.4 Å². The number of fused-ring (bicyclic) bond motifs is 1. The SMILES string of the molecule is CC.CC1CN2C(=O)C(NC(=O)CNCl)C2S1.CCOC(=O)OC(C)OC=O.c1ccccc1. The second-order valence-electron chi connectivity index (χ2n) is 6.44. The number of ether oxygens (including phenoxy) is 3. The van der Waals surface area contributed by atoms with E-state index in [4.69, 9.17) is 11.8 Å². The van der Waals surface area contributed by atoms with Gasteiger partial charge in [-0.2, -0.15) is 0 Å². The summed E-state index contributed by atoms with van der Waals surface area (Å²) < 4.78 is 13.1. The fraction of sp³-hybridized carbons (Fsp3) is 0.545. The molecule has 0 spiro atoms. The van der Waals surface area contributed by atoms with Gasteiger partial charge in [-0.1, -0.05) is 57.2 Å². The first kappa shape index (κ1) is 31.5. The van der Waals surface area contributed by atoms with E-state index in [1.165, 1.54) is 6.92 Å². The van der Waals surface area contributed by atoms with E-state index in [9.17, 15) is 19.2 Å². The molecule has 2 heterocycles. The van der Waals surface area contributed by atoms with Gasteiger partial charge in [0.1, 0.15) is 11.4 Å². The van der Waals surface area contributed by atoms with Crippen molar-refractivity contribution in [3.63, 3.8) is 0 Å². The molecule has 2 aliphatic heterocycles. The van der Waals surface area contributed by atoms with E-state index in [0.717, 1.165) is 6.54 Å². The lowest BCUT2D eigenvalue weighted by Gasteiger charge is -2.41. The summed E-state index contributed by atoms with van der Waals surface area (Å²) >= 11 is 6.92. The van der Waals surface area contributed by atoms with Gasteiger partial charge in [0.25, 0.3) is 6.47 Å². The first-order valence-corrected chi connectivity index (χ1v) is 12.2. The monoisotopic (exact) mass is 519 g/mol. The van der Waals surface area contributed by atoms with E-state index in [2.05, 4.69) is 31.3 Å². The molecule has 3 rings (SSSR count). The highest BCUT2D eigenvalue weighted by atomic mass is 35.5. The van der Waals surface area contributed by atoms with Crippen LogP contribution in [0.4, 0.5) is 4.79 Å². The highest BCUT2D eigenvalue weighted by Gasteiger charge is 2.52. The average molecular weight is 520 g/mol. The zero-order chi connectivity index (χ0) is 25.9. The van der Waals surface area contributed by atoms with Gasteiger partial charge in [0.15, 0.2) is 0 Å². The molecular weight excluding hydrogens is 486 g/mol. The molecule has 10 nitrogen and oxygen atoms in total. The predicted octanol–water partition coefficient (Wildman–Crippen LogP) is 2.91. The minimum atomic E-state index is -0.897. The number of nitrogens with zero attached hydrogens (tertiary/aromatic N) is 1. The zero-order valence-electron chi connectivity index (χ0n) is 20.1. The number of β-lactam (4-membered cyclic amide) rings is 1. The standard InChI is InChI=1S/C8H12ClN3O2S.C6H10O5.C6H6.C2H6/c1-4-3-12-7(14)6(8(12)15-4)11-5(13)2-10-9;1-3-9-6(8)11-5(2)10-4-7;1-2-4-6-5-3-1;1-2/h4,6,8,10H,2-3H2,1H3,(H,11,13);4-5H,3H2,1-2H3;1-6H;1-2H3. The molecule has 2 aliphatic rings. The lowest BCUT2D eigenvalue weighted by atomic mass is 10.1. The topological polar surface area (TPSA) is 123 Å². The number of carbonyl (C=O) groups excluding carboxylic acids is 4. The summed E-state index contributed by atoms with van der Waals surface area (Å²) in [6.07, 6.45) is -1.74. The van der Waals surface area contributed by atoms with Gasteiger partial charge >= 0.3 is 6.16 Å². The van der Waals surface area contributed by atoms with Crippen LogP contribution < -0.4 is 10.2 Å². The van der Waals surface area contributed by atoms with Crippen LogP contribution in [0, 0.1) is 0 Å². The van der Waals surface area contributed by atoms with Gasteiger partial charge in [-0.25, -0.2) is 9.63 Å². The Hall–Kier alpha value is -2.50. The molecule has 0 aliphatic carbocycles. The van der Waals surface area contributed by atoms with Gasteiger partial charge < -0.3 is 24.4 Å². The van der Waals surface area contributed by atoms with Crippen molar-refractivity contribution < 1.29 is 33.4 Å². The molecule has 0 saturated carbocycles. The lowest BCUT2D eigenvalue weighted by molar-refractivity contribution is -0.152. The van der Waals surface area contributed by atoms with Crippen LogP contribution in [0.3, 0.4) is 0 Å². The molecule has 4 unspecified atom stereocenters. The number of rotatable bonds is 7. The van der Waals surface area contributed by atoms with Crippen molar-refractivity contribution in [1.82, 2.24) is 15.1 Å². The summed E-state index contributed by atoms with van der Waals surface area (Å²) in [5.41, 5.74) is 0. The fourth-order valence-corrected chi connectivity index (χ4v) is 4.15. The number of benzene rings is 1. The summed E-state index contributed by atoms with van der Waals surface area (Å²) in [4.78, 5) is 47.0. The molecule has 1 aromatic rings. The minimum Gasteiger partial charge on any atom is -0.435 e. The molecule has 2 N–H and O–H groups in total. The maximum absolute atomic E-state index is 11.6. The third-order valence-electron chi connectivity index (χ3n) is 3.95. The number of hydrogen-bond donors (Lipinski definition) is 2. The van der Waals surface area contributed by atoms with Crippen molar-refractivity contribution in [2.45, 2.75) is 57.6 Å². The van der Waals surface area contributed by atoms with E-state index in [0.29, 0.717) is 5.25 Å². The summed E-state index contributed by atoms with van der Waals surface area (Å²) in [5.74, 6) is -0.233. The maximum Gasteiger partial charge on any atom is 0.511 e. The van der Waals surface area contributed by atoms with Crippen LogP contribution >= 0.6 is 23.5 Å². The van der Waals surface area contributed by atoms with Gasteiger partial charge in [0.2, 0.25) is 18.1 Å². The molecule has 0 aromatic heterocycles. The van der Waals surface area contributed by atoms with Crippen LogP contribution in [0.25, 0.3) is 0 Å². The quantitative estimate of drug-likeness (QED) is 0.184. The largest absolute Gasteiger partial charge is 0.511 e. The zero-order valence-corrected chi connectivity index (χ0v) is 21.6. The highest BCUT2D eigenvalue weighted by Crippen LogP contribution is 2.39. The fourth-order valence-electron chi connectivity index (χ4n) is 2.62. The summed E-state index contributed by atoms with van der Waals surface area (Å²) in [6.45, 7) is 10.4. The molecule has 34 heavy (non-hydrogen) atoms. The van der Waals surface area contributed by atoms with Crippen LogP contribution in [0.15, 0.2) is 36.4 Å². The number of carbonyl (C=O) groups is 4. The summed E-state index contributed by atoms with van der Waals surface area (Å²) in [6, 6.07) is 11.6. The average Bonchev–Trinajstić information content (AvgIpc) is 3.19. The molecule has 0 radical (unpaired) electrons. The third-order valence-corrected chi connectivity index (χ3v) is 5.50. The van der Waals surface area contributed by atoms with Crippen molar-refractivity contribution in [3.8, 4) is 0 Å². The normalized spacial score (nSPS) is 20.1. The van der Waals surface area contributed by atoms with E-state index in [-0.39, 0.29) is 42.9 Å². The second-order valence-corrected chi connectivity index (χ2v) is 8.27. The highest BCUT2D eigenvalue weighted by molar-refractivity contribution is 8.00. The van der Waals surface area contributed by atoms with Crippen LogP contribution in [0.2, 0.25) is 0 Å². The van der Waals surface area contributed by atoms with Crippen LogP contribution in [-0.2, 0) is 28.6 Å². The maximum atomic E-state index is 11.6. The predicted molar refractivity (Wildman–Crippen MR) is 131 cm³/mol. The molecule has 2 fully saturated rings. The Morgan fingerprint density at radius 1 is 1.24 bits per heavy atom. The van der Waals surface area contributed by atoms with E-state index in [1.807, 2.05) is 50.2 Å². The number of halogens is 1. The summed E-state index contributed by atoms with van der Waals surface area (Å²) in [7, 11) is 0. The van der Waals surface area contributed by atoms with Gasteiger partial charge in [-0.05, 0) is 18.7 Å². The lowest BCUT2D eigenvalue weighted by Crippen LogP contribution is -2.67. The van der Waals surface area contributed by atoms with Crippen molar-refractivity contribution in [1.29, 1.82) is 0 Å². The third kappa shape index (κ3) is 12.1. The molecule has 0 bridgehead atoms.